The highest BCUT2D eigenvalue weighted by Gasteiger charge is 2.40. The number of hydrogen-bond donors (Lipinski definition) is 2. The Labute approximate surface area is 263 Å². The molecule has 0 aliphatic rings. The van der Waals surface area contributed by atoms with Crippen LogP contribution >= 0.6 is 0 Å². The van der Waals surface area contributed by atoms with Gasteiger partial charge in [-0.1, -0.05) is 121 Å². The van der Waals surface area contributed by atoms with E-state index in [0.29, 0.717) is 6.41 Å². The first-order valence-corrected chi connectivity index (χ1v) is 14.6. The Hall–Kier alpha value is -3.97. The summed E-state index contributed by atoms with van der Waals surface area (Å²) in [5, 5.41) is 20.4. The van der Waals surface area contributed by atoms with Gasteiger partial charge in [-0.25, -0.2) is 14.8 Å². The van der Waals surface area contributed by atoms with Crippen molar-refractivity contribution in [3.8, 4) is 0 Å². The molecular weight excluding hydrogens is 578 g/mol. The molecule has 0 aliphatic carbocycles. The van der Waals surface area contributed by atoms with E-state index in [1.165, 1.54) is 0 Å². The van der Waals surface area contributed by atoms with E-state index >= 15 is 0 Å². The summed E-state index contributed by atoms with van der Waals surface area (Å²) < 4.78 is 19.3. The normalized spacial score (nSPS) is 13.9. The van der Waals surface area contributed by atoms with Crippen LogP contribution in [0, 0.1) is 0 Å². The minimum Gasteiger partial charge on any atom is -0.369 e. The number of carbonyl (C=O) groups is 1. The van der Waals surface area contributed by atoms with Gasteiger partial charge in [0.1, 0.15) is 37.6 Å². The SMILES string of the molecule is O=CN(C[C@H](OCc1ccccc1)[C@H](OCc1ccccc1)[C@H](OCc1ccccc1)C(COO)OO)OCc1ccccc1. The number of hydrogen-bond acceptors (Lipinski definition) is 9. The molecule has 4 aromatic rings. The third kappa shape index (κ3) is 11.5. The number of benzene rings is 4. The summed E-state index contributed by atoms with van der Waals surface area (Å²) in [6.07, 6.45) is -3.50. The number of amides is 1. The molecule has 0 aromatic heterocycles. The highest BCUT2D eigenvalue weighted by Crippen LogP contribution is 2.23. The van der Waals surface area contributed by atoms with Crippen LogP contribution < -0.4 is 0 Å². The summed E-state index contributed by atoms with van der Waals surface area (Å²) in [6.45, 7) is 0.0888. The number of hydroxylamine groups is 2. The van der Waals surface area contributed by atoms with Crippen LogP contribution in [-0.2, 0) is 60.0 Å². The predicted molar refractivity (Wildman–Crippen MR) is 165 cm³/mol. The molecule has 0 fully saturated rings. The zero-order valence-electron chi connectivity index (χ0n) is 24.9. The third-order valence-electron chi connectivity index (χ3n) is 7.03. The largest absolute Gasteiger partial charge is 0.369 e. The molecule has 4 aromatic carbocycles. The molecule has 1 amide bonds. The van der Waals surface area contributed by atoms with Gasteiger partial charge in [0, 0.05) is 0 Å². The van der Waals surface area contributed by atoms with Crippen LogP contribution in [0.15, 0.2) is 121 Å². The van der Waals surface area contributed by atoms with Gasteiger partial charge >= 0.3 is 0 Å². The molecule has 45 heavy (non-hydrogen) atoms. The molecule has 0 saturated carbocycles. The van der Waals surface area contributed by atoms with Crippen molar-refractivity contribution in [1.29, 1.82) is 0 Å². The molecule has 4 atom stereocenters. The fourth-order valence-electron chi connectivity index (χ4n) is 4.68. The number of nitrogens with zero attached hydrogens (tertiary/aromatic N) is 1. The number of ether oxygens (including phenoxy) is 3. The van der Waals surface area contributed by atoms with Gasteiger partial charge in [0.2, 0.25) is 6.41 Å². The standard InChI is InChI=1S/C35H39NO9/c37-27-36(43-25-31-19-11-4-12-20-31)21-32(40-22-28-13-5-1-6-14-28)34(41-23-29-15-7-2-8-16-29)35(33(45-39)26-44-38)42-24-30-17-9-3-10-18-30/h1-20,27,32-35,38-39H,21-26H2/t32-,33?,34-,35+/m0/s1. The van der Waals surface area contributed by atoms with Crippen LogP contribution in [0.4, 0.5) is 0 Å². The Morgan fingerprint density at radius 3 is 1.36 bits per heavy atom. The molecule has 0 radical (unpaired) electrons. The zero-order chi connectivity index (χ0) is 31.5. The molecule has 2 N–H and O–H groups in total. The molecule has 10 nitrogen and oxygen atoms in total. The molecule has 0 bridgehead atoms. The lowest BCUT2D eigenvalue weighted by molar-refractivity contribution is -0.353. The first kappa shape index (κ1) is 33.9. The summed E-state index contributed by atoms with van der Waals surface area (Å²) in [5.41, 5.74) is 3.50. The summed E-state index contributed by atoms with van der Waals surface area (Å²) in [6, 6.07) is 37.9. The zero-order valence-corrected chi connectivity index (χ0v) is 24.9. The van der Waals surface area contributed by atoms with Gasteiger partial charge in [0.15, 0.2) is 0 Å². The fourth-order valence-corrected chi connectivity index (χ4v) is 4.68. The molecule has 0 heterocycles. The maximum absolute atomic E-state index is 12.3. The Balaban J connectivity index is 1.66. The Bertz CT molecular complexity index is 1330. The molecule has 10 heteroatoms. The van der Waals surface area contributed by atoms with Crippen LogP contribution in [0.1, 0.15) is 22.3 Å². The minimum absolute atomic E-state index is 0.0635. The summed E-state index contributed by atoms with van der Waals surface area (Å²) in [7, 11) is 0. The lowest BCUT2D eigenvalue weighted by Gasteiger charge is -2.37. The molecule has 0 saturated heterocycles. The third-order valence-corrected chi connectivity index (χ3v) is 7.03. The maximum atomic E-state index is 12.3. The molecule has 0 spiro atoms. The van der Waals surface area contributed by atoms with Crippen molar-refractivity contribution >= 4 is 6.41 Å². The molecule has 4 rings (SSSR count). The second-order valence-electron chi connectivity index (χ2n) is 10.3. The highest BCUT2D eigenvalue weighted by molar-refractivity contribution is 5.45. The van der Waals surface area contributed by atoms with Gasteiger partial charge < -0.3 is 14.2 Å². The van der Waals surface area contributed by atoms with E-state index in [1.807, 2.05) is 121 Å². The average molecular weight is 618 g/mol. The van der Waals surface area contributed by atoms with E-state index in [9.17, 15) is 15.3 Å². The van der Waals surface area contributed by atoms with Crippen LogP contribution in [0.5, 0.6) is 0 Å². The van der Waals surface area contributed by atoms with Crippen molar-refractivity contribution < 1.29 is 44.1 Å². The second kappa shape index (κ2) is 19.4. The van der Waals surface area contributed by atoms with Crippen LogP contribution in [0.25, 0.3) is 0 Å². The van der Waals surface area contributed by atoms with E-state index < -0.39 is 31.0 Å². The molecule has 1 unspecified atom stereocenters. The van der Waals surface area contributed by atoms with Crippen molar-refractivity contribution in [1.82, 2.24) is 5.06 Å². The van der Waals surface area contributed by atoms with Gasteiger partial charge in [-0.15, -0.1) is 0 Å². The summed E-state index contributed by atoms with van der Waals surface area (Å²) >= 11 is 0. The topological polar surface area (TPSA) is 116 Å². The fraction of sp³-hybridized carbons (Fsp3) is 0.286. The van der Waals surface area contributed by atoms with Crippen LogP contribution in [0.2, 0.25) is 0 Å². The van der Waals surface area contributed by atoms with E-state index in [4.69, 9.17) is 23.9 Å². The van der Waals surface area contributed by atoms with Gasteiger partial charge in [-0.3, -0.25) is 20.1 Å². The first-order valence-electron chi connectivity index (χ1n) is 14.6. The van der Waals surface area contributed by atoms with Crippen molar-refractivity contribution in [2.24, 2.45) is 0 Å². The van der Waals surface area contributed by atoms with E-state index in [1.54, 1.807) is 0 Å². The smallest absolute Gasteiger partial charge is 0.233 e. The first-order chi connectivity index (χ1) is 22.2. The second-order valence-corrected chi connectivity index (χ2v) is 10.3. The average Bonchev–Trinajstić information content (AvgIpc) is 3.10. The lowest BCUT2D eigenvalue weighted by Crippen LogP contribution is -2.53. The van der Waals surface area contributed by atoms with Crippen molar-refractivity contribution in [3.63, 3.8) is 0 Å². The Morgan fingerprint density at radius 2 is 0.956 bits per heavy atom. The summed E-state index contributed by atoms with van der Waals surface area (Å²) in [4.78, 5) is 27.3. The molecular formula is C35H39NO9. The van der Waals surface area contributed by atoms with Crippen LogP contribution in [-0.4, -0.2) is 59.6 Å². The predicted octanol–water partition coefficient (Wildman–Crippen LogP) is 5.68. The summed E-state index contributed by atoms with van der Waals surface area (Å²) in [5.74, 6) is 0. The monoisotopic (exact) mass is 617 g/mol. The van der Waals surface area contributed by atoms with E-state index in [2.05, 4.69) is 4.89 Å². The van der Waals surface area contributed by atoms with Crippen molar-refractivity contribution in [2.75, 3.05) is 13.2 Å². The maximum Gasteiger partial charge on any atom is 0.233 e. The van der Waals surface area contributed by atoms with Crippen LogP contribution in [0.3, 0.4) is 0 Å². The highest BCUT2D eigenvalue weighted by atomic mass is 17.1. The van der Waals surface area contributed by atoms with Crippen molar-refractivity contribution in [2.45, 2.75) is 50.8 Å². The molecule has 0 aliphatic heterocycles. The van der Waals surface area contributed by atoms with Crippen molar-refractivity contribution in [3.05, 3.63) is 144 Å². The Morgan fingerprint density at radius 1 is 0.556 bits per heavy atom. The van der Waals surface area contributed by atoms with Gasteiger partial charge in [0.25, 0.3) is 0 Å². The van der Waals surface area contributed by atoms with Gasteiger partial charge in [-0.05, 0) is 22.3 Å². The molecule has 238 valence electrons. The van der Waals surface area contributed by atoms with Gasteiger partial charge in [0.05, 0.1) is 26.4 Å². The number of carbonyl (C=O) groups excluding carboxylic acids is 1. The Kier molecular flexibility index (Phi) is 14.6. The van der Waals surface area contributed by atoms with Gasteiger partial charge in [-0.2, -0.15) is 0 Å². The minimum atomic E-state index is -1.20. The van der Waals surface area contributed by atoms with E-state index in [-0.39, 0.29) is 33.0 Å². The lowest BCUT2D eigenvalue weighted by atomic mass is 10.0. The van der Waals surface area contributed by atoms with E-state index in [0.717, 1.165) is 27.3 Å². The quantitative estimate of drug-likeness (QED) is 0.0692. The number of rotatable bonds is 21.